The maximum absolute atomic E-state index is 13.4. The molecule has 0 atom stereocenters. The van der Waals surface area contributed by atoms with E-state index in [9.17, 15) is 9.18 Å². The van der Waals surface area contributed by atoms with E-state index in [1.807, 2.05) is 24.3 Å². The van der Waals surface area contributed by atoms with Crippen molar-refractivity contribution in [2.75, 3.05) is 0 Å². The Balaban J connectivity index is 2.02. The van der Waals surface area contributed by atoms with Gasteiger partial charge >= 0.3 is 0 Å². The van der Waals surface area contributed by atoms with E-state index in [0.717, 1.165) is 11.1 Å². The van der Waals surface area contributed by atoms with Gasteiger partial charge in [-0.05, 0) is 45.3 Å². The highest BCUT2D eigenvalue weighted by molar-refractivity contribution is 9.10. The number of halogens is 3. The summed E-state index contributed by atoms with van der Waals surface area (Å²) in [7, 11) is 0. The average Bonchev–Trinajstić information content (AvgIpc) is 2.47. The van der Waals surface area contributed by atoms with Crippen molar-refractivity contribution in [2.45, 2.75) is 12.4 Å². The summed E-state index contributed by atoms with van der Waals surface area (Å²) in [5, 5.41) is 2.75. The van der Waals surface area contributed by atoms with Gasteiger partial charge in [-0.15, -0.1) is 11.6 Å². The molecule has 0 spiro atoms. The molecule has 5 heteroatoms. The Kier molecular flexibility index (Phi) is 5.15. The molecule has 2 rings (SSSR count). The predicted octanol–water partition coefficient (Wildman–Crippen LogP) is 4.26. The Morgan fingerprint density at radius 2 is 1.95 bits per heavy atom. The van der Waals surface area contributed by atoms with E-state index in [4.69, 9.17) is 11.6 Å². The van der Waals surface area contributed by atoms with Crippen LogP contribution in [0.25, 0.3) is 0 Å². The van der Waals surface area contributed by atoms with Crippen molar-refractivity contribution < 1.29 is 9.18 Å². The van der Waals surface area contributed by atoms with E-state index < -0.39 is 5.82 Å². The summed E-state index contributed by atoms with van der Waals surface area (Å²) in [6.07, 6.45) is 0. The van der Waals surface area contributed by atoms with Crippen LogP contribution in [0.2, 0.25) is 0 Å². The Hall–Kier alpha value is -1.39. The van der Waals surface area contributed by atoms with E-state index in [1.54, 1.807) is 6.07 Å². The summed E-state index contributed by atoms with van der Waals surface area (Å²) in [6.45, 7) is 0.376. The summed E-state index contributed by atoms with van der Waals surface area (Å²) < 4.78 is 13.7. The van der Waals surface area contributed by atoms with E-state index >= 15 is 0 Å². The standard InChI is InChI=1S/C15H12BrClFNO/c16-13-5-4-12(7-14(13)18)15(20)19-9-11-3-1-2-10(6-11)8-17/h1-7H,8-9H2,(H,19,20). The number of hydrogen-bond acceptors (Lipinski definition) is 1. The molecule has 0 radical (unpaired) electrons. The molecule has 0 saturated heterocycles. The maximum atomic E-state index is 13.4. The van der Waals surface area contributed by atoms with Crippen LogP contribution in [-0.2, 0) is 12.4 Å². The Morgan fingerprint density at radius 3 is 2.65 bits per heavy atom. The predicted molar refractivity (Wildman–Crippen MR) is 81.3 cm³/mol. The zero-order valence-electron chi connectivity index (χ0n) is 10.5. The summed E-state index contributed by atoms with van der Waals surface area (Å²) in [6, 6.07) is 11.9. The van der Waals surface area contributed by atoms with Crippen molar-refractivity contribution in [1.29, 1.82) is 0 Å². The van der Waals surface area contributed by atoms with E-state index in [-0.39, 0.29) is 5.91 Å². The fourth-order valence-corrected chi connectivity index (χ4v) is 2.16. The Labute approximate surface area is 130 Å². The highest BCUT2D eigenvalue weighted by Gasteiger charge is 2.08. The zero-order valence-corrected chi connectivity index (χ0v) is 12.8. The second-order valence-electron chi connectivity index (χ2n) is 4.27. The number of nitrogens with one attached hydrogen (secondary N) is 1. The lowest BCUT2D eigenvalue weighted by atomic mass is 10.1. The smallest absolute Gasteiger partial charge is 0.251 e. The lowest BCUT2D eigenvalue weighted by Gasteiger charge is -2.07. The molecule has 20 heavy (non-hydrogen) atoms. The van der Waals surface area contributed by atoms with Crippen molar-refractivity contribution in [3.63, 3.8) is 0 Å². The van der Waals surface area contributed by atoms with Gasteiger partial charge in [-0.2, -0.15) is 0 Å². The molecule has 0 saturated carbocycles. The van der Waals surface area contributed by atoms with Gasteiger partial charge in [0.05, 0.1) is 4.47 Å². The molecule has 2 nitrogen and oxygen atoms in total. The molecule has 0 unspecified atom stereocenters. The quantitative estimate of drug-likeness (QED) is 0.815. The van der Waals surface area contributed by atoms with Gasteiger partial charge in [-0.1, -0.05) is 24.3 Å². The highest BCUT2D eigenvalue weighted by Crippen LogP contribution is 2.16. The molecule has 0 fully saturated rings. The SMILES string of the molecule is O=C(NCc1cccc(CCl)c1)c1ccc(Br)c(F)c1. The van der Waals surface area contributed by atoms with Gasteiger partial charge in [-0.25, -0.2) is 4.39 Å². The van der Waals surface area contributed by atoms with Crippen molar-refractivity contribution >= 4 is 33.4 Å². The fraction of sp³-hybridized carbons (Fsp3) is 0.133. The van der Waals surface area contributed by atoms with Gasteiger partial charge in [-0.3, -0.25) is 4.79 Å². The molecule has 0 heterocycles. The van der Waals surface area contributed by atoms with Gasteiger partial charge < -0.3 is 5.32 Å². The molecule has 0 aromatic heterocycles. The lowest BCUT2D eigenvalue weighted by Crippen LogP contribution is -2.22. The van der Waals surface area contributed by atoms with Crippen LogP contribution in [0.4, 0.5) is 4.39 Å². The molecule has 1 N–H and O–H groups in total. The molecular weight excluding hydrogens is 345 g/mol. The molecule has 2 aromatic rings. The molecule has 2 aromatic carbocycles. The summed E-state index contributed by atoms with van der Waals surface area (Å²) in [5.74, 6) is -0.339. The largest absolute Gasteiger partial charge is 0.348 e. The van der Waals surface area contributed by atoms with Gasteiger partial charge in [0.1, 0.15) is 5.82 Å². The molecule has 0 aliphatic rings. The maximum Gasteiger partial charge on any atom is 0.251 e. The summed E-state index contributed by atoms with van der Waals surface area (Å²) in [5.41, 5.74) is 2.24. The third-order valence-electron chi connectivity index (χ3n) is 2.78. The monoisotopic (exact) mass is 355 g/mol. The number of alkyl halides is 1. The van der Waals surface area contributed by atoms with Crippen LogP contribution < -0.4 is 5.32 Å². The zero-order chi connectivity index (χ0) is 14.5. The minimum Gasteiger partial charge on any atom is -0.348 e. The molecule has 0 aliphatic carbocycles. The van der Waals surface area contributed by atoms with E-state index in [1.165, 1.54) is 12.1 Å². The van der Waals surface area contributed by atoms with Crippen molar-refractivity contribution in [3.8, 4) is 0 Å². The molecule has 0 aliphatic heterocycles. The molecular formula is C15H12BrClFNO. The summed E-state index contributed by atoms with van der Waals surface area (Å²) in [4.78, 5) is 11.9. The van der Waals surface area contributed by atoms with E-state index in [0.29, 0.717) is 22.5 Å². The number of benzene rings is 2. The van der Waals surface area contributed by atoms with Gasteiger partial charge in [0, 0.05) is 18.0 Å². The number of carbonyl (C=O) groups excluding carboxylic acids is 1. The Bertz CT molecular complexity index is 633. The average molecular weight is 357 g/mol. The molecule has 1 amide bonds. The van der Waals surface area contributed by atoms with Gasteiger partial charge in [0.2, 0.25) is 0 Å². The van der Waals surface area contributed by atoms with Crippen LogP contribution in [0.3, 0.4) is 0 Å². The van der Waals surface area contributed by atoms with Crippen LogP contribution in [0, 0.1) is 5.82 Å². The van der Waals surface area contributed by atoms with Gasteiger partial charge in [0.15, 0.2) is 0 Å². The second-order valence-corrected chi connectivity index (χ2v) is 5.39. The van der Waals surface area contributed by atoms with E-state index in [2.05, 4.69) is 21.2 Å². The highest BCUT2D eigenvalue weighted by atomic mass is 79.9. The molecule has 0 bridgehead atoms. The number of hydrogen-bond donors (Lipinski definition) is 1. The first-order chi connectivity index (χ1) is 9.60. The third-order valence-corrected chi connectivity index (χ3v) is 3.73. The first-order valence-electron chi connectivity index (χ1n) is 5.97. The summed E-state index contributed by atoms with van der Waals surface area (Å²) >= 11 is 8.81. The normalized spacial score (nSPS) is 10.3. The number of carbonyl (C=O) groups is 1. The van der Waals surface area contributed by atoms with Crippen LogP contribution in [-0.4, -0.2) is 5.91 Å². The Morgan fingerprint density at radius 1 is 1.20 bits per heavy atom. The van der Waals surface area contributed by atoms with Crippen molar-refractivity contribution in [3.05, 3.63) is 69.4 Å². The minimum atomic E-state index is -0.457. The lowest BCUT2D eigenvalue weighted by molar-refractivity contribution is 0.0950. The van der Waals surface area contributed by atoms with Gasteiger partial charge in [0.25, 0.3) is 5.91 Å². The van der Waals surface area contributed by atoms with Crippen LogP contribution in [0.15, 0.2) is 46.9 Å². The van der Waals surface area contributed by atoms with Crippen molar-refractivity contribution in [1.82, 2.24) is 5.32 Å². The molecule has 104 valence electrons. The van der Waals surface area contributed by atoms with Crippen LogP contribution in [0.5, 0.6) is 0 Å². The second kappa shape index (κ2) is 6.86. The third kappa shape index (κ3) is 3.81. The van der Waals surface area contributed by atoms with Crippen LogP contribution >= 0.6 is 27.5 Å². The topological polar surface area (TPSA) is 29.1 Å². The first-order valence-corrected chi connectivity index (χ1v) is 7.30. The number of amides is 1. The van der Waals surface area contributed by atoms with Crippen molar-refractivity contribution in [2.24, 2.45) is 0 Å². The minimum absolute atomic E-state index is 0.291. The fourth-order valence-electron chi connectivity index (χ4n) is 1.74. The first kappa shape index (κ1) is 15.0. The van der Waals surface area contributed by atoms with Crippen LogP contribution in [0.1, 0.15) is 21.5 Å². The number of rotatable bonds is 4.